The Balaban J connectivity index is 1.98. The summed E-state index contributed by atoms with van der Waals surface area (Å²) in [5, 5.41) is 5.53. The fourth-order valence-electron chi connectivity index (χ4n) is 2.96. The molecule has 1 aliphatic heterocycles. The third kappa shape index (κ3) is 2.44. The van der Waals surface area contributed by atoms with Crippen LogP contribution in [0.1, 0.15) is 23.7 Å². The Bertz CT molecular complexity index is 607. The second kappa shape index (κ2) is 5.74. The third-order valence-electron chi connectivity index (χ3n) is 3.97. The first-order chi connectivity index (χ1) is 9.72. The Labute approximate surface area is 123 Å². The Hall–Kier alpha value is -1.07. The number of benzene rings is 1. The minimum atomic E-state index is -0.201. The van der Waals surface area contributed by atoms with Crippen LogP contribution in [0.15, 0.2) is 18.2 Å². The van der Waals surface area contributed by atoms with Crippen LogP contribution in [0.4, 0.5) is 0 Å². The highest BCUT2D eigenvalue weighted by Gasteiger charge is 2.26. The second-order valence-electron chi connectivity index (χ2n) is 5.10. The van der Waals surface area contributed by atoms with Crippen molar-refractivity contribution in [2.75, 3.05) is 20.8 Å². The highest BCUT2D eigenvalue weighted by molar-refractivity contribution is 6.31. The Morgan fingerprint density at radius 1 is 1.35 bits per heavy atom. The maximum Gasteiger partial charge on any atom is 0.158 e. The van der Waals surface area contributed by atoms with E-state index in [4.69, 9.17) is 21.1 Å². The molecule has 2 heterocycles. The zero-order valence-corrected chi connectivity index (χ0v) is 12.5. The number of aromatic amines is 1. The van der Waals surface area contributed by atoms with Gasteiger partial charge in [0.15, 0.2) is 6.29 Å². The molecule has 1 atom stereocenters. The smallest absolute Gasteiger partial charge is 0.158 e. The van der Waals surface area contributed by atoms with Crippen molar-refractivity contribution in [3.8, 4) is 0 Å². The summed E-state index contributed by atoms with van der Waals surface area (Å²) in [4.78, 5) is 3.51. The van der Waals surface area contributed by atoms with Crippen molar-refractivity contribution in [1.82, 2.24) is 10.3 Å². The molecule has 20 heavy (non-hydrogen) atoms. The molecule has 1 aromatic carbocycles. The quantitative estimate of drug-likeness (QED) is 0.852. The average Bonchev–Trinajstić information content (AvgIpc) is 2.83. The van der Waals surface area contributed by atoms with Crippen LogP contribution in [0, 0.1) is 0 Å². The van der Waals surface area contributed by atoms with Gasteiger partial charge in [-0.2, -0.15) is 0 Å². The lowest BCUT2D eigenvalue weighted by molar-refractivity contribution is -0.111. The van der Waals surface area contributed by atoms with E-state index >= 15 is 0 Å². The Morgan fingerprint density at radius 3 is 2.90 bits per heavy atom. The summed E-state index contributed by atoms with van der Waals surface area (Å²) in [6, 6.07) is 6.21. The lowest BCUT2D eigenvalue weighted by Gasteiger charge is -2.27. The minimum absolute atomic E-state index is 0.201. The molecule has 108 valence electrons. The van der Waals surface area contributed by atoms with E-state index in [0.717, 1.165) is 29.9 Å². The van der Waals surface area contributed by atoms with Crippen molar-refractivity contribution in [3.63, 3.8) is 0 Å². The number of rotatable bonds is 4. The highest BCUT2D eigenvalue weighted by atomic mass is 35.5. The molecule has 2 aromatic rings. The van der Waals surface area contributed by atoms with Crippen LogP contribution >= 0.6 is 11.6 Å². The predicted octanol–water partition coefficient (Wildman–Crippen LogP) is 3.02. The number of H-pyrrole nitrogens is 1. The maximum atomic E-state index is 6.11. The van der Waals surface area contributed by atoms with Crippen molar-refractivity contribution < 1.29 is 9.47 Å². The summed E-state index contributed by atoms with van der Waals surface area (Å²) in [6.07, 6.45) is 1.59. The molecule has 0 bridgehead atoms. The largest absolute Gasteiger partial charge is 0.357 e. The molecule has 0 aliphatic carbocycles. The van der Waals surface area contributed by atoms with Gasteiger partial charge >= 0.3 is 0 Å². The Morgan fingerprint density at radius 2 is 2.15 bits per heavy atom. The fraction of sp³-hybridized carbons (Fsp3) is 0.467. The van der Waals surface area contributed by atoms with Crippen LogP contribution in [0.3, 0.4) is 0 Å². The number of ether oxygens (including phenoxy) is 2. The predicted molar refractivity (Wildman–Crippen MR) is 80.2 cm³/mol. The van der Waals surface area contributed by atoms with Crippen LogP contribution in [0.5, 0.6) is 0 Å². The summed E-state index contributed by atoms with van der Waals surface area (Å²) in [5.41, 5.74) is 3.73. The number of nitrogens with one attached hydrogen (secondary N) is 2. The van der Waals surface area contributed by atoms with Gasteiger partial charge < -0.3 is 19.8 Å². The van der Waals surface area contributed by atoms with E-state index in [0.29, 0.717) is 0 Å². The number of fused-ring (bicyclic) bond motifs is 3. The monoisotopic (exact) mass is 294 g/mol. The van der Waals surface area contributed by atoms with Gasteiger partial charge in [-0.1, -0.05) is 11.6 Å². The first kappa shape index (κ1) is 13.9. The van der Waals surface area contributed by atoms with Crippen molar-refractivity contribution in [2.24, 2.45) is 0 Å². The number of methoxy groups -OCH3 is 2. The van der Waals surface area contributed by atoms with E-state index in [1.54, 1.807) is 14.2 Å². The molecular weight excluding hydrogens is 276 g/mol. The second-order valence-corrected chi connectivity index (χ2v) is 5.54. The molecule has 0 spiro atoms. The fourth-order valence-corrected chi connectivity index (χ4v) is 3.14. The molecular formula is C15H19ClN2O2. The van der Waals surface area contributed by atoms with Crippen molar-refractivity contribution >= 4 is 22.5 Å². The van der Waals surface area contributed by atoms with Gasteiger partial charge in [0.25, 0.3) is 0 Å². The molecule has 1 unspecified atom stereocenters. The first-order valence-electron chi connectivity index (χ1n) is 6.82. The van der Waals surface area contributed by atoms with Gasteiger partial charge in [0.1, 0.15) is 0 Å². The molecule has 3 rings (SSSR count). The molecule has 1 aromatic heterocycles. The van der Waals surface area contributed by atoms with E-state index < -0.39 is 0 Å². The lowest BCUT2D eigenvalue weighted by Crippen LogP contribution is -2.33. The van der Waals surface area contributed by atoms with E-state index in [2.05, 4.69) is 10.3 Å². The van der Waals surface area contributed by atoms with E-state index in [-0.39, 0.29) is 12.3 Å². The van der Waals surface area contributed by atoms with E-state index in [9.17, 15) is 0 Å². The lowest BCUT2D eigenvalue weighted by atomic mass is 9.97. The van der Waals surface area contributed by atoms with Crippen LogP contribution in [0.25, 0.3) is 10.9 Å². The molecule has 0 saturated carbocycles. The van der Waals surface area contributed by atoms with Gasteiger partial charge in [0.2, 0.25) is 0 Å². The first-order valence-corrected chi connectivity index (χ1v) is 7.19. The van der Waals surface area contributed by atoms with Gasteiger partial charge in [-0.15, -0.1) is 0 Å². The van der Waals surface area contributed by atoms with Crippen LogP contribution < -0.4 is 5.32 Å². The summed E-state index contributed by atoms with van der Waals surface area (Å²) in [5.74, 6) is 0. The van der Waals surface area contributed by atoms with Gasteiger partial charge in [-0.3, -0.25) is 0 Å². The molecule has 4 nitrogen and oxygen atoms in total. The highest BCUT2D eigenvalue weighted by Crippen LogP contribution is 2.33. The number of halogens is 1. The van der Waals surface area contributed by atoms with Crippen LogP contribution in [-0.4, -0.2) is 32.0 Å². The zero-order valence-electron chi connectivity index (χ0n) is 11.7. The summed E-state index contributed by atoms with van der Waals surface area (Å²) in [6.45, 7) is 0.956. The maximum absolute atomic E-state index is 6.11. The van der Waals surface area contributed by atoms with Gasteiger partial charge in [0, 0.05) is 42.3 Å². The summed E-state index contributed by atoms with van der Waals surface area (Å²) < 4.78 is 10.6. The third-order valence-corrected chi connectivity index (χ3v) is 4.20. The van der Waals surface area contributed by atoms with Crippen molar-refractivity contribution in [1.29, 1.82) is 0 Å². The molecule has 5 heteroatoms. The Kier molecular flexibility index (Phi) is 3.98. The van der Waals surface area contributed by atoms with Crippen LogP contribution in [0.2, 0.25) is 5.02 Å². The number of hydrogen-bond donors (Lipinski definition) is 2. The molecule has 1 aliphatic rings. The molecule has 0 fully saturated rings. The molecule has 0 amide bonds. The topological polar surface area (TPSA) is 46.3 Å². The van der Waals surface area contributed by atoms with E-state index in [1.807, 2.05) is 18.2 Å². The van der Waals surface area contributed by atoms with E-state index in [1.165, 1.54) is 16.6 Å². The van der Waals surface area contributed by atoms with Gasteiger partial charge in [-0.05, 0) is 36.7 Å². The average molecular weight is 295 g/mol. The van der Waals surface area contributed by atoms with Crippen LogP contribution in [-0.2, 0) is 15.9 Å². The minimum Gasteiger partial charge on any atom is -0.357 e. The standard InChI is InChI=1S/C15H19ClN2O2/c1-19-14(20-2)8-13-15-10(5-6-17-13)11-7-9(16)3-4-12(11)18-15/h3-4,7,13-14,17-18H,5-6,8H2,1-2H3. The SMILES string of the molecule is COC(CC1NCCc2c1[nH]c1ccc(Cl)cc21)OC. The van der Waals surface area contributed by atoms with Crippen molar-refractivity contribution in [2.45, 2.75) is 25.2 Å². The molecule has 0 radical (unpaired) electrons. The van der Waals surface area contributed by atoms with Gasteiger partial charge in [-0.25, -0.2) is 0 Å². The zero-order chi connectivity index (χ0) is 14.1. The summed E-state index contributed by atoms with van der Waals surface area (Å²) in [7, 11) is 3.34. The van der Waals surface area contributed by atoms with Gasteiger partial charge in [0.05, 0.1) is 6.04 Å². The summed E-state index contributed by atoms with van der Waals surface area (Å²) >= 11 is 6.11. The van der Waals surface area contributed by atoms with Crippen molar-refractivity contribution in [3.05, 3.63) is 34.5 Å². The number of aromatic nitrogens is 1. The normalized spacial score (nSPS) is 18.7. The molecule has 2 N–H and O–H groups in total. The number of hydrogen-bond acceptors (Lipinski definition) is 3. The molecule has 0 saturated heterocycles.